The van der Waals surface area contributed by atoms with Crippen LogP contribution in [0.4, 0.5) is 4.39 Å². The van der Waals surface area contributed by atoms with E-state index in [1.165, 1.54) is 28.5 Å². The summed E-state index contributed by atoms with van der Waals surface area (Å²) in [5, 5.41) is 3.92. The number of para-hydroxylation sites is 1. The number of aromatic nitrogens is 5. The lowest BCUT2D eigenvalue weighted by Gasteiger charge is -2.12. The van der Waals surface area contributed by atoms with E-state index in [2.05, 4.69) is 15.1 Å². The van der Waals surface area contributed by atoms with Gasteiger partial charge in [-0.1, -0.05) is 11.2 Å². The Morgan fingerprint density at radius 1 is 1.20 bits per heavy atom. The fourth-order valence-electron chi connectivity index (χ4n) is 3.46. The standard InChI is InChI=1S/C20H16FN5O4/c1-11-6-7-14(29-11)18-23-19(30-24-18)15-17-20(27)25(8-9-28-2)16-12(21)4-3-5-13(16)26(17)10-22-15/h3-7,10H,8-9H2,1-2H3. The van der Waals surface area contributed by atoms with Gasteiger partial charge in [-0.05, 0) is 31.2 Å². The Bertz CT molecular complexity index is 1440. The highest BCUT2D eigenvalue weighted by molar-refractivity contribution is 5.83. The van der Waals surface area contributed by atoms with Crippen LogP contribution in [0, 0.1) is 12.7 Å². The zero-order chi connectivity index (χ0) is 20.8. The second kappa shape index (κ2) is 6.92. The minimum Gasteiger partial charge on any atom is -0.458 e. The molecule has 0 spiro atoms. The fraction of sp³-hybridized carbons (Fsp3) is 0.200. The van der Waals surface area contributed by atoms with Crippen LogP contribution in [-0.2, 0) is 11.3 Å². The van der Waals surface area contributed by atoms with Gasteiger partial charge in [0.15, 0.2) is 11.5 Å². The van der Waals surface area contributed by atoms with Gasteiger partial charge in [-0.3, -0.25) is 9.20 Å². The van der Waals surface area contributed by atoms with E-state index in [1.807, 2.05) is 0 Å². The first-order chi connectivity index (χ1) is 14.6. The number of fused-ring (bicyclic) bond motifs is 3. The molecule has 0 aliphatic heterocycles. The van der Waals surface area contributed by atoms with Gasteiger partial charge in [0.1, 0.15) is 28.9 Å². The minimum absolute atomic E-state index is 0.0627. The molecule has 5 rings (SSSR count). The van der Waals surface area contributed by atoms with Gasteiger partial charge >= 0.3 is 0 Å². The molecule has 0 fully saturated rings. The summed E-state index contributed by atoms with van der Waals surface area (Å²) in [6.07, 6.45) is 1.44. The molecular formula is C20H16FN5O4. The van der Waals surface area contributed by atoms with E-state index >= 15 is 0 Å². The number of ether oxygens (including phenoxy) is 1. The third kappa shape index (κ3) is 2.72. The van der Waals surface area contributed by atoms with Crippen LogP contribution in [0.3, 0.4) is 0 Å². The number of halogens is 1. The Morgan fingerprint density at radius 2 is 2.07 bits per heavy atom. The van der Waals surface area contributed by atoms with Crippen LogP contribution in [0.2, 0.25) is 0 Å². The average Bonchev–Trinajstić information content (AvgIpc) is 3.47. The highest BCUT2D eigenvalue weighted by Gasteiger charge is 2.23. The number of benzene rings is 1. The van der Waals surface area contributed by atoms with Crippen LogP contribution in [0.5, 0.6) is 0 Å². The van der Waals surface area contributed by atoms with Crippen molar-refractivity contribution in [3.05, 3.63) is 58.6 Å². The van der Waals surface area contributed by atoms with Crippen LogP contribution in [0.25, 0.3) is 39.7 Å². The molecule has 4 heterocycles. The van der Waals surface area contributed by atoms with E-state index in [-0.39, 0.29) is 41.6 Å². The highest BCUT2D eigenvalue weighted by atomic mass is 19.1. The molecule has 1 aromatic carbocycles. The van der Waals surface area contributed by atoms with Crippen molar-refractivity contribution in [1.82, 2.24) is 24.1 Å². The molecule has 4 aromatic heterocycles. The van der Waals surface area contributed by atoms with E-state index in [1.54, 1.807) is 31.2 Å². The molecule has 0 aliphatic carbocycles. The monoisotopic (exact) mass is 409 g/mol. The maximum absolute atomic E-state index is 14.6. The van der Waals surface area contributed by atoms with Crippen molar-refractivity contribution < 1.29 is 18.1 Å². The Balaban J connectivity index is 1.75. The second-order valence-corrected chi connectivity index (χ2v) is 6.70. The van der Waals surface area contributed by atoms with E-state index in [0.29, 0.717) is 17.0 Å². The number of nitrogens with zero attached hydrogens (tertiary/aromatic N) is 5. The lowest BCUT2D eigenvalue weighted by molar-refractivity contribution is 0.187. The van der Waals surface area contributed by atoms with E-state index in [0.717, 1.165) is 0 Å². The Morgan fingerprint density at radius 3 is 2.83 bits per heavy atom. The summed E-state index contributed by atoms with van der Waals surface area (Å²) in [6.45, 7) is 2.22. The summed E-state index contributed by atoms with van der Waals surface area (Å²) in [5.41, 5.74) is 0.634. The number of hydrogen-bond acceptors (Lipinski definition) is 7. The lowest BCUT2D eigenvalue weighted by atomic mass is 10.2. The lowest BCUT2D eigenvalue weighted by Crippen LogP contribution is -2.25. The van der Waals surface area contributed by atoms with Crippen molar-refractivity contribution in [1.29, 1.82) is 0 Å². The first kappa shape index (κ1) is 18.3. The van der Waals surface area contributed by atoms with Crippen LogP contribution in [0.1, 0.15) is 5.76 Å². The molecule has 5 aromatic rings. The molecule has 0 saturated heterocycles. The third-order valence-corrected chi connectivity index (χ3v) is 4.82. The fourth-order valence-corrected chi connectivity index (χ4v) is 3.46. The van der Waals surface area contributed by atoms with Gasteiger partial charge in [0.2, 0.25) is 5.82 Å². The van der Waals surface area contributed by atoms with Gasteiger partial charge in [0, 0.05) is 13.7 Å². The van der Waals surface area contributed by atoms with Crippen LogP contribution >= 0.6 is 0 Å². The van der Waals surface area contributed by atoms with E-state index in [4.69, 9.17) is 13.7 Å². The maximum Gasteiger partial charge on any atom is 0.279 e. The highest BCUT2D eigenvalue weighted by Crippen LogP contribution is 2.27. The molecule has 0 unspecified atom stereocenters. The summed E-state index contributed by atoms with van der Waals surface area (Å²) in [6, 6.07) is 8.11. The summed E-state index contributed by atoms with van der Waals surface area (Å²) in [5.74, 6) is 0.943. The molecule has 0 saturated carbocycles. The van der Waals surface area contributed by atoms with Crippen LogP contribution < -0.4 is 5.56 Å². The van der Waals surface area contributed by atoms with Crippen molar-refractivity contribution in [2.24, 2.45) is 0 Å². The largest absolute Gasteiger partial charge is 0.458 e. The molecule has 0 N–H and O–H groups in total. The van der Waals surface area contributed by atoms with Gasteiger partial charge in [-0.2, -0.15) is 4.98 Å². The molecule has 0 amide bonds. The predicted octanol–water partition coefficient (Wildman–Crippen LogP) is 3.05. The Kier molecular flexibility index (Phi) is 4.21. The summed E-state index contributed by atoms with van der Waals surface area (Å²) < 4.78 is 33.4. The minimum atomic E-state index is -0.508. The molecule has 0 aliphatic rings. The van der Waals surface area contributed by atoms with Crippen LogP contribution in [-0.4, -0.2) is 37.8 Å². The number of hydrogen-bond donors (Lipinski definition) is 0. The summed E-state index contributed by atoms with van der Waals surface area (Å²) in [4.78, 5) is 21.9. The molecule has 0 radical (unpaired) electrons. The van der Waals surface area contributed by atoms with Gasteiger partial charge in [0.05, 0.1) is 12.1 Å². The Labute approximate surface area is 168 Å². The van der Waals surface area contributed by atoms with E-state index < -0.39 is 11.4 Å². The van der Waals surface area contributed by atoms with Gasteiger partial charge in [0.25, 0.3) is 11.4 Å². The molecule has 0 atom stereocenters. The summed E-state index contributed by atoms with van der Waals surface area (Å²) >= 11 is 0. The molecule has 30 heavy (non-hydrogen) atoms. The van der Waals surface area contributed by atoms with Crippen molar-refractivity contribution in [3.63, 3.8) is 0 Å². The smallest absolute Gasteiger partial charge is 0.279 e. The van der Waals surface area contributed by atoms with Gasteiger partial charge < -0.3 is 18.2 Å². The summed E-state index contributed by atoms with van der Waals surface area (Å²) in [7, 11) is 1.52. The Hall–Kier alpha value is -3.79. The molecule has 9 nitrogen and oxygen atoms in total. The molecule has 10 heteroatoms. The zero-order valence-corrected chi connectivity index (χ0v) is 16.1. The zero-order valence-electron chi connectivity index (χ0n) is 16.1. The number of imidazole rings is 1. The SMILES string of the molecule is COCCn1c(=O)c2c(-c3nc(-c4ccc(C)o4)no3)ncn2c2cccc(F)c21. The maximum atomic E-state index is 14.6. The number of rotatable bonds is 5. The second-order valence-electron chi connectivity index (χ2n) is 6.70. The number of furan rings is 1. The van der Waals surface area contributed by atoms with Crippen molar-refractivity contribution >= 4 is 16.6 Å². The predicted molar refractivity (Wildman–Crippen MR) is 105 cm³/mol. The van der Waals surface area contributed by atoms with Crippen molar-refractivity contribution in [3.8, 4) is 23.2 Å². The van der Waals surface area contributed by atoms with Crippen LogP contribution in [0.15, 0.2) is 50.4 Å². The quantitative estimate of drug-likeness (QED) is 0.440. The molecular weight excluding hydrogens is 393 g/mol. The van der Waals surface area contributed by atoms with Crippen molar-refractivity contribution in [2.45, 2.75) is 13.5 Å². The molecule has 152 valence electrons. The normalized spacial score (nSPS) is 11.7. The number of aryl methyl sites for hydroxylation is 1. The van der Waals surface area contributed by atoms with E-state index in [9.17, 15) is 9.18 Å². The average molecular weight is 409 g/mol. The number of methoxy groups -OCH3 is 1. The van der Waals surface area contributed by atoms with Gasteiger partial charge in [-0.25, -0.2) is 9.37 Å². The first-order valence-corrected chi connectivity index (χ1v) is 9.16. The molecule has 0 bridgehead atoms. The van der Waals surface area contributed by atoms with Gasteiger partial charge in [-0.15, -0.1) is 0 Å². The topological polar surface area (TPSA) is 101 Å². The third-order valence-electron chi connectivity index (χ3n) is 4.82. The first-order valence-electron chi connectivity index (χ1n) is 9.16. The van der Waals surface area contributed by atoms with Crippen molar-refractivity contribution in [2.75, 3.05) is 13.7 Å².